The van der Waals surface area contributed by atoms with E-state index in [0.29, 0.717) is 11.3 Å². The van der Waals surface area contributed by atoms with Crippen molar-refractivity contribution >= 4 is 11.8 Å². The number of ether oxygens (including phenoxy) is 2. The van der Waals surface area contributed by atoms with Gasteiger partial charge in [-0.1, -0.05) is 19.1 Å². The van der Waals surface area contributed by atoms with Gasteiger partial charge in [-0.05, 0) is 55.7 Å². The summed E-state index contributed by atoms with van der Waals surface area (Å²) in [6.07, 6.45) is 0.382. The van der Waals surface area contributed by atoms with Crippen molar-refractivity contribution in [3.8, 4) is 5.75 Å². The maximum atomic E-state index is 13.5. The van der Waals surface area contributed by atoms with Gasteiger partial charge in [0.05, 0.1) is 12.3 Å². The molecule has 0 heterocycles. The van der Waals surface area contributed by atoms with E-state index >= 15 is 0 Å². The molecule has 0 spiro atoms. The number of anilines is 1. The number of carbonyl (C=O) groups excluding carboxylic acids is 1. The van der Waals surface area contributed by atoms with Crippen LogP contribution in [-0.2, 0) is 17.8 Å². The van der Waals surface area contributed by atoms with Gasteiger partial charge in [0.2, 0.25) is 0 Å². The Balaban J connectivity index is 2.13. The Morgan fingerprint density at radius 2 is 1.96 bits per heavy atom. The molecule has 5 heteroatoms. The Morgan fingerprint density at radius 3 is 2.62 bits per heavy atom. The van der Waals surface area contributed by atoms with Crippen LogP contribution in [0.15, 0.2) is 36.4 Å². The summed E-state index contributed by atoms with van der Waals surface area (Å²) in [4.78, 5) is 11.6. The summed E-state index contributed by atoms with van der Waals surface area (Å²) in [5.74, 6) is 0.347. The van der Waals surface area contributed by atoms with E-state index in [9.17, 15) is 9.18 Å². The normalized spacial score (nSPS) is 10.3. The van der Waals surface area contributed by atoms with Crippen molar-refractivity contribution in [1.29, 1.82) is 0 Å². The fraction of sp³-hybridized carbons (Fsp3) is 0.316. The van der Waals surface area contributed by atoms with Gasteiger partial charge in [-0.25, -0.2) is 9.18 Å². The van der Waals surface area contributed by atoms with Crippen LogP contribution in [0, 0.1) is 12.7 Å². The highest BCUT2D eigenvalue weighted by atomic mass is 19.1. The molecule has 0 unspecified atom stereocenters. The van der Waals surface area contributed by atoms with Crippen LogP contribution in [0.4, 0.5) is 14.9 Å². The Hall–Kier alpha value is -2.56. The molecule has 0 radical (unpaired) electrons. The van der Waals surface area contributed by atoms with Gasteiger partial charge in [-0.3, -0.25) is 5.32 Å². The standard InChI is InChI=1S/C19H22FNO3/c1-4-14-6-9-18(13(3)10-14)24-12-15-11-16(20)7-8-17(15)21-19(22)23-5-2/h6-11H,4-5,12H2,1-3H3,(H,21,22). The summed E-state index contributed by atoms with van der Waals surface area (Å²) in [6, 6.07) is 10.1. The zero-order valence-corrected chi connectivity index (χ0v) is 14.2. The van der Waals surface area contributed by atoms with E-state index in [4.69, 9.17) is 9.47 Å². The predicted molar refractivity (Wildman–Crippen MR) is 91.9 cm³/mol. The molecule has 0 aliphatic carbocycles. The lowest BCUT2D eigenvalue weighted by atomic mass is 10.1. The van der Waals surface area contributed by atoms with Crippen LogP contribution in [0.1, 0.15) is 30.5 Å². The van der Waals surface area contributed by atoms with Crippen molar-refractivity contribution in [3.05, 3.63) is 58.9 Å². The molecule has 4 nitrogen and oxygen atoms in total. The van der Waals surface area contributed by atoms with E-state index < -0.39 is 6.09 Å². The highest BCUT2D eigenvalue weighted by molar-refractivity contribution is 5.85. The van der Waals surface area contributed by atoms with Gasteiger partial charge < -0.3 is 9.47 Å². The lowest BCUT2D eigenvalue weighted by Crippen LogP contribution is -2.15. The summed E-state index contributed by atoms with van der Waals surface area (Å²) in [6.45, 7) is 6.19. The molecule has 2 aromatic rings. The van der Waals surface area contributed by atoms with E-state index in [1.165, 1.54) is 23.8 Å². The van der Waals surface area contributed by atoms with Gasteiger partial charge in [-0.15, -0.1) is 0 Å². The number of nitrogens with one attached hydrogen (secondary N) is 1. The van der Waals surface area contributed by atoms with Gasteiger partial charge in [0.1, 0.15) is 18.2 Å². The van der Waals surface area contributed by atoms with Crippen molar-refractivity contribution in [2.75, 3.05) is 11.9 Å². The monoisotopic (exact) mass is 331 g/mol. The molecule has 0 aliphatic heterocycles. The summed E-state index contributed by atoms with van der Waals surface area (Å²) in [7, 11) is 0. The van der Waals surface area contributed by atoms with Crippen molar-refractivity contribution < 1.29 is 18.7 Å². The van der Waals surface area contributed by atoms with Crippen LogP contribution < -0.4 is 10.1 Å². The van der Waals surface area contributed by atoms with E-state index in [-0.39, 0.29) is 19.0 Å². The Kier molecular flexibility index (Phi) is 6.18. The molecule has 0 saturated carbocycles. The number of hydrogen-bond donors (Lipinski definition) is 1. The van der Waals surface area contributed by atoms with Crippen LogP contribution in [0.5, 0.6) is 5.75 Å². The summed E-state index contributed by atoms with van der Waals surface area (Å²) < 4.78 is 24.2. The summed E-state index contributed by atoms with van der Waals surface area (Å²) in [5, 5.41) is 2.60. The summed E-state index contributed by atoms with van der Waals surface area (Å²) >= 11 is 0. The molecule has 0 aromatic heterocycles. The average Bonchev–Trinajstić information content (AvgIpc) is 2.56. The van der Waals surface area contributed by atoms with Crippen LogP contribution in [0.25, 0.3) is 0 Å². The van der Waals surface area contributed by atoms with Crippen LogP contribution in [0.2, 0.25) is 0 Å². The number of amides is 1. The second-order valence-corrected chi connectivity index (χ2v) is 5.39. The number of benzene rings is 2. The molecular formula is C19H22FNO3. The maximum absolute atomic E-state index is 13.5. The minimum Gasteiger partial charge on any atom is -0.489 e. The Labute approximate surface area is 141 Å². The number of rotatable bonds is 6. The lowest BCUT2D eigenvalue weighted by molar-refractivity contribution is 0.168. The molecule has 0 fully saturated rings. The zero-order valence-electron chi connectivity index (χ0n) is 14.2. The first-order chi connectivity index (χ1) is 11.5. The molecule has 1 N–H and O–H groups in total. The molecular weight excluding hydrogens is 309 g/mol. The zero-order chi connectivity index (χ0) is 17.5. The minimum atomic E-state index is -0.575. The molecule has 128 valence electrons. The molecule has 24 heavy (non-hydrogen) atoms. The Bertz CT molecular complexity index is 716. The topological polar surface area (TPSA) is 47.6 Å². The first kappa shape index (κ1) is 17.8. The van der Waals surface area contributed by atoms with Crippen molar-refractivity contribution in [1.82, 2.24) is 0 Å². The third-order valence-corrected chi connectivity index (χ3v) is 3.61. The second-order valence-electron chi connectivity index (χ2n) is 5.39. The fourth-order valence-electron chi connectivity index (χ4n) is 2.33. The maximum Gasteiger partial charge on any atom is 0.411 e. The molecule has 0 bridgehead atoms. The van der Waals surface area contributed by atoms with Crippen molar-refractivity contribution in [3.63, 3.8) is 0 Å². The molecule has 0 aliphatic rings. The van der Waals surface area contributed by atoms with Gasteiger partial charge in [-0.2, -0.15) is 0 Å². The van der Waals surface area contributed by atoms with Gasteiger partial charge >= 0.3 is 6.09 Å². The molecule has 1 amide bonds. The average molecular weight is 331 g/mol. The van der Waals surface area contributed by atoms with Crippen molar-refractivity contribution in [2.45, 2.75) is 33.8 Å². The number of aryl methyl sites for hydroxylation is 2. The predicted octanol–water partition coefficient (Wildman–Crippen LogP) is 4.84. The minimum absolute atomic E-state index is 0.145. The third kappa shape index (κ3) is 4.72. The molecule has 0 saturated heterocycles. The van der Waals surface area contributed by atoms with E-state index in [0.717, 1.165) is 17.7 Å². The highest BCUT2D eigenvalue weighted by Crippen LogP contribution is 2.23. The van der Waals surface area contributed by atoms with E-state index in [2.05, 4.69) is 18.3 Å². The van der Waals surface area contributed by atoms with E-state index in [1.807, 2.05) is 19.1 Å². The van der Waals surface area contributed by atoms with Gasteiger partial charge in [0.15, 0.2) is 0 Å². The fourth-order valence-corrected chi connectivity index (χ4v) is 2.33. The van der Waals surface area contributed by atoms with Crippen molar-refractivity contribution in [2.24, 2.45) is 0 Å². The highest BCUT2D eigenvalue weighted by Gasteiger charge is 2.10. The SMILES string of the molecule is CCOC(=O)Nc1ccc(F)cc1COc1ccc(CC)cc1C. The lowest BCUT2D eigenvalue weighted by Gasteiger charge is -2.14. The van der Waals surface area contributed by atoms with Gasteiger partial charge in [0, 0.05) is 5.56 Å². The van der Waals surface area contributed by atoms with Crippen LogP contribution in [-0.4, -0.2) is 12.7 Å². The first-order valence-corrected chi connectivity index (χ1v) is 7.98. The van der Waals surface area contributed by atoms with Gasteiger partial charge in [0.25, 0.3) is 0 Å². The van der Waals surface area contributed by atoms with Crippen LogP contribution >= 0.6 is 0 Å². The molecule has 2 rings (SSSR count). The first-order valence-electron chi connectivity index (χ1n) is 7.98. The summed E-state index contributed by atoms with van der Waals surface area (Å²) in [5.41, 5.74) is 3.26. The number of carbonyl (C=O) groups is 1. The molecule has 0 atom stereocenters. The quantitative estimate of drug-likeness (QED) is 0.823. The third-order valence-electron chi connectivity index (χ3n) is 3.61. The van der Waals surface area contributed by atoms with Crippen LogP contribution in [0.3, 0.4) is 0 Å². The second kappa shape index (κ2) is 8.34. The smallest absolute Gasteiger partial charge is 0.411 e. The molecule has 2 aromatic carbocycles. The Morgan fingerprint density at radius 1 is 1.17 bits per heavy atom. The van der Waals surface area contributed by atoms with E-state index in [1.54, 1.807) is 6.92 Å². The number of hydrogen-bond acceptors (Lipinski definition) is 3. The number of halogens is 1. The largest absolute Gasteiger partial charge is 0.489 e.